The Morgan fingerprint density at radius 1 is 0.667 bits per heavy atom. The van der Waals surface area contributed by atoms with Crippen molar-refractivity contribution < 1.29 is 0 Å². The van der Waals surface area contributed by atoms with E-state index in [2.05, 4.69) is 91.9 Å². The molecule has 0 saturated heterocycles. The van der Waals surface area contributed by atoms with E-state index in [1.165, 1.54) is 25.4 Å². The Labute approximate surface area is 148 Å². The Hall–Kier alpha value is -2.40. The maximum Gasteiger partial charge on any atom is 0.302 e. The molecule has 1 radical (unpaired) electrons. The van der Waals surface area contributed by atoms with Gasteiger partial charge in [-0.2, -0.15) is 0 Å². The van der Waals surface area contributed by atoms with Crippen LogP contribution in [-0.4, -0.2) is 20.2 Å². The first kappa shape index (κ1) is 15.1. The van der Waals surface area contributed by atoms with Gasteiger partial charge in [-0.25, -0.2) is 0 Å². The van der Waals surface area contributed by atoms with Crippen molar-refractivity contribution in [3.8, 4) is 11.1 Å². The minimum Gasteiger partial charge on any atom is -0.254 e. The molecule has 4 rings (SSSR count). The van der Waals surface area contributed by atoms with E-state index < -0.39 is 0 Å². The van der Waals surface area contributed by atoms with Crippen molar-refractivity contribution in [3.05, 3.63) is 90.6 Å². The predicted molar refractivity (Wildman–Crippen MR) is 103 cm³/mol. The molecule has 0 spiro atoms. The van der Waals surface area contributed by atoms with Crippen LogP contribution >= 0.6 is 0 Å². The minimum absolute atomic E-state index is 0.0441. The number of rotatable bonds is 3. The summed E-state index contributed by atoms with van der Waals surface area (Å²) < 4.78 is 2.76. The molecule has 0 N–H and O–H groups in total. The molecule has 0 aliphatic rings. The first-order valence-corrected chi connectivity index (χ1v) is 9.32. The molecule has 0 fully saturated rings. The number of para-hydroxylation sites is 1. The molecule has 0 aliphatic heterocycles. The monoisotopic (exact) mass is 322 g/mol. The Bertz CT molecular complexity index is 976. The van der Waals surface area contributed by atoms with Crippen LogP contribution in [0, 0.1) is 6.92 Å². The SMILES string of the molecule is Cc1ccc2ccc[c]([Al][c]3ccc(-c4ccccc4)cc3)c2n1. The van der Waals surface area contributed by atoms with Crippen LogP contribution in [0.2, 0.25) is 0 Å². The molecule has 0 atom stereocenters. The number of aryl methyl sites for hydroxylation is 1. The molecule has 2 heteroatoms. The average Bonchev–Trinajstić information content (AvgIpc) is 2.64. The highest BCUT2D eigenvalue weighted by molar-refractivity contribution is 6.69. The zero-order chi connectivity index (χ0) is 16.4. The summed E-state index contributed by atoms with van der Waals surface area (Å²) in [6, 6.07) is 30.2. The quantitative estimate of drug-likeness (QED) is 0.522. The third-order valence-electron chi connectivity index (χ3n) is 4.23. The standard InChI is InChI=1S/C12H9.C10H8N.Al/c1-3-7-11(8-4-1)12-9-5-2-6-10-12;1-8-6-7-9-4-2-3-5-10(9)11-8;/h1,3-10H;2-4,6-7H,1H3;. The molecule has 1 nitrogen and oxygen atoms in total. The molecule has 113 valence electrons. The topological polar surface area (TPSA) is 12.9 Å². The van der Waals surface area contributed by atoms with E-state index in [9.17, 15) is 0 Å². The number of hydrogen-bond donors (Lipinski definition) is 0. The second-order valence-electron chi connectivity index (χ2n) is 6.00. The van der Waals surface area contributed by atoms with Crippen molar-refractivity contribution in [2.24, 2.45) is 0 Å². The van der Waals surface area contributed by atoms with Gasteiger partial charge in [0.2, 0.25) is 0 Å². The Balaban J connectivity index is 1.65. The lowest BCUT2D eigenvalue weighted by Gasteiger charge is -2.07. The van der Waals surface area contributed by atoms with Crippen LogP contribution in [0.5, 0.6) is 0 Å². The number of hydrogen-bond acceptors (Lipinski definition) is 1. The van der Waals surface area contributed by atoms with Crippen molar-refractivity contribution in [1.82, 2.24) is 4.98 Å². The molecule has 24 heavy (non-hydrogen) atoms. The Morgan fingerprint density at radius 3 is 2.21 bits per heavy atom. The van der Waals surface area contributed by atoms with Gasteiger partial charge in [-0.3, -0.25) is 4.98 Å². The molecule has 0 aliphatic carbocycles. The normalized spacial score (nSPS) is 10.7. The van der Waals surface area contributed by atoms with Crippen LogP contribution < -0.4 is 8.85 Å². The van der Waals surface area contributed by atoms with E-state index in [-0.39, 0.29) is 15.2 Å². The summed E-state index contributed by atoms with van der Waals surface area (Å²) in [5, 5.41) is 1.23. The summed E-state index contributed by atoms with van der Waals surface area (Å²) in [6.45, 7) is 2.06. The zero-order valence-electron chi connectivity index (χ0n) is 13.6. The summed E-state index contributed by atoms with van der Waals surface area (Å²) in [7, 11) is 0. The number of pyridine rings is 1. The average molecular weight is 322 g/mol. The van der Waals surface area contributed by atoms with Crippen molar-refractivity contribution in [3.63, 3.8) is 0 Å². The summed E-state index contributed by atoms with van der Waals surface area (Å²) in [6.07, 6.45) is 0. The maximum atomic E-state index is 4.76. The molecule has 0 unspecified atom stereocenters. The number of fused-ring (bicyclic) bond motifs is 1. The molecule has 0 saturated carbocycles. The lowest BCUT2D eigenvalue weighted by Crippen LogP contribution is -2.28. The van der Waals surface area contributed by atoms with Crippen molar-refractivity contribution in [2.75, 3.05) is 0 Å². The van der Waals surface area contributed by atoms with Crippen LogP contribution in [0.3, 0.4) is 0 Å². The molecular weight excluding hydrogens is 305 g/mol. The highest BCUT2D eigenvalue weighted by atomic mass is 27.1. The van der Waals surface area contributed by atoms with Gasteiger partial charge in [0.1, 0.15) is 0 Å². The lowest BCUT2D eigenvalue weighted by atomic mass is 10.1. The van der Waals surface area contributed by atoms with Gasteiger partial charge in [0.05, 0.1) is 5.52 Å². The van der Waals surface area contributed by atoms with E-state index in [0.29, 0.717) is 0 Å². The molecule has 1 aromatic heterocycles. The van der Waals surface area contributed by atoms with Gasteiger partial charge in [0.15, 0.2) is 0 Å². The molecule has 4 aromatic rings. The summed E-state index contributed by atoms with van der Waals surface area (Å²) in [5.41, 5.74) is 4.76. The molecular formula is C22H17AlN. The van der Waals surface area contributed by atoms with E-state index in [1.807, 2.05) is 0 Å². The van der Waals surface area contributed by atoms with E-state index in [1.54, 1.807) is 0 Å². The van der Waals surface area contributed by atoms with Gasteiger partial charge < -0.3 is 0 Å². The zero-order valence-corrected chi connectivity index (χ0v) is 14.8. The highest BCUT2D eigenvalue weighted by Crippen LogP contribution is 2.17. The number of nitrogens with zero attached hydrogens (tertiary/aromatic N) is 1. The van der Waals surface area contributed by atoms with Crippen LogP contribution in [-0.2, 0) is 0 Å². The second kappa shape index (κ2) is 6.61. The van der Waals surface area contributed by atoms with Gasteiger partial charge in [-0.05, 0) is 29.5 Å². The van der Waals surface area contributed by atoms with Gasteiger partial charge in [-0.15, -0.1) is 4.43 Å². The van der Waals surface area contributed by atoms with Crippen molar-refractivity contribution in [1.29, 1.82) is 0 Å². The molecule has 0 amide bonds. The van der Waals surface area contributed by atoms with Crippen LogP contribution in [0.25, 0.3) is 22.0 Å². The van der Waals surface area contributed by atoms with Crippen molar-refractivity contribution in [2.45, 2.75) is 6.92 Å². The number of benzene rings is 3. The minimum atomic E-state index is 0.0441. The maximum absolute atomic E-state index is 4.76. The van der Waals surface area contributed by atoms with Crippen LogP contribution in [0.15, 0.2) is 84.9 Å². The van der Waals surface area contributed by atoms with Crippen LogP contribution in [0.1, 0.15) is 5.69 Å². The first-order valence-electron chi connectivity index (χ1n) is 8.16. The van der Waals surface area contributed by atoms with Crippen molar-refractivity contribution >= 4 is 35.0 Å². The number of aromatic nitrogens is 1. The Morgan fingerprint density at radius 2 is 1.42 bits per heavy atom. The summed E-state index contributed by atoms with van der Waals surface area (Å²) >= 11 is 0.0441. The largest absolute Gasteiger partial charge is 0.302 e. The predicted octanol–water partition coefficient (Wildman–Crippen LogP) is 3.87. The summed E-state index contributed by atoms with van der Waals surface area (Å²) in [4.78, 5) is 4.76. The third-order valence-corrected chi connectivity index (χ3v) is 5.73. The van der Waals surface area contributed by atoms with E-state index >= 15 is 0 Å². The fourth-order valence-corrected chi connectivity index (χ4v) is 4.29. The van der Waals surface area contributed by atoms with Gasteiger partial charge in [0, 0.05) is 5.69 Å². The summed E-state index contributed by atoms with van der Waals surface area (Å²) in [5.74, 6) is 0. The third kappa shape index (κ3) is 3.12. The second-order valence-corrected chi connectivity index (χ2v) is 7.58. The molecule has 1 heterocycles. The van der Waals surface area contributed by atoms with Gasteiger partial charge in [-0.1, -0.05) is 83.3 Å². The smallest absolute Gasteiger partial charge is 0.254 e. The van der Waals surface area contributed by atoms with E-state index in [0.717, 1.165) is 11.2 Å². The highest BCUT2D eigenvalue weighted by Gasteiger charge is 2.07. The Kier molecular flexibility index (Phi) is 4.17. The van der Waals surface area contributed by atoms with E-state index in [4.69, 9.17) is 4.98 Å². The van der Waals surface area contributed by atoms with Crippen LogP contribution in [0.4, 0.5) is 0 Å². The molecule has 3 aromatic carbocycles. The van der Waals surface area contributed by atoms with Gasteiger partial charge >= 0.3 is 15.2 Å². The molecule has 0 bridgehead atoms. The fourth-order valence-electron chi connectivity index (χ4n) is 2.97. The lowest BCUT2D eigenvalue weighted by molar-refractivity contribution is 1.26. The fraction of sp³-hybridized carbons (Fsp3) is 0.0455. The van der Waals surface area contributed by atoms with Gasteiger partial charge in [0.25, 0.3) is 0 Å². The first-order chi connectivity index (χ1) is 11.8.